The van der Waals surface area contributed by atoms with E-state index in [1.165, 1.54) is 5.19 Å². The predicted molar refractivity (Wildman–Crippen MR) is 58.6 cm³/mol. The van der Waals surface area contributed by atoms with Gasteiger partial charge in [0.05, 0.1) is 0 Å². The van der Waals surface area contributed by atoms with Crippen molar-refractivity contribution >= 4 is 19.5 Å². The molecule has 0 fully saturated rings. The van der Waals surface area contributed by atoms with Crippen molar-refractivity contribution in [2.75, 3.05) is 0 Å². The average molecular weight is 189 g/mol. The van der Waals surface area contributed by atoms with Gasteiger partial charge in [-0.15, -0.1) is 6.58 Å². The summed E-state index contributed by atoms with van der Waals surface area (Å²) in [4.78, 5) is 10.4. The van der Waals surface area contributed by atoms with Gasteiger partial charge in [0, 0.05) is 5.56 Å². The fourth-order valence-electron chi connectivity index (χ4n) is 1.10. The monoisotopic (exact) mass is 189 g/mol. The molecule has 1 radical (unpaired) electrons. The number of rotatable bonds is 3. The van der Waals surface area contributed by atoms with E-state index in [2.05, 4.69) is 25.7 Å². The predicted octanol–water partition coefficient (Wildman–Crippen LogP) is 1.78. The molecule has 0 saturated carbocycles. The minimum atomic E-state index is -1.52. The minimum Gasteiger partial charge on any atom is -0.285 e. The lowest BCUT2D eigenvalue weighted by Gasteiger charge is -2.17. The van der Waals surface area contributed by atoms with E-state index in [4.69, 9.17) is 0 Å². The standard InChI is InChI=1S/C11H13OSi/c1-4-13(2,3)11-7-5-6-10(8-11)9-12/h4-8H,1H2,2-3H3. The van der Waals surface area contributed by atoms with Crippen LogP contribution in [-0.4, -0.2) is 14.4 Å². The number of benzene rings is 1. The van der Waals surface area contributed by atoms with Crippen LogP contribution in [0.15, 0.2) is 36.5 Å². The molecule has 0 unspecified atom stereocenters. The highest BCUT2D eigenvalue weighted by atomic mass is 28.3. The second-order valence-corrected chi connectivity index (χ2v) is 8.04. The van der Waals surface area contributed by atoms with Gasteiger partial charge >= 0.3 is 0 Å². The van der Waals surface area contributed by atoms with Crippen LogP contribution in [0.5, 0.6) is 0 Å². The molecule has 0 saturated heterocycles. The molecule has 0 spiro atoms. The van der Waals surface area contributed by atoms with Gasteiger partial charge in [-0.1, -0.05) is 48.2 Å². The van der Waals surface area contributed by atoms with Crippen LogP contribution >= 0.6 is 0 Å². The molecule has 0 heterocycles. The van der Waals surface area contributed by atoms with Crippen molar-refractivity contribution in [1.29, 1.82) is 0 Å². The molecule has 0 bridgehead atoms. The quantitative estimate of drug-likeness (QED) is 0.662. The van der Waals surface area contributed by atoms with E-state index in [1.54, 1.807) is 6.07 Å². The number of hydrogen-bond acceptors (Lipinski definition) is 1. The second kappa shape index (κ2) is 3.71. The Bertz CT molecular complexity index is 329. The highest BCUT2D eigenvalue weighted by molar-refractivity contribution is 6.93. The highest BCUT2D eigenvalue weighted by Crippen LogP contribution is 2.05. The van der Waals surface area contributed by atoms with Gasteiger partial charge in [-0.3, -0.25) is 4.79 Å². The fraction of sp³-hybridized carbons (Fsp3) is 0.182. The Hall–Kier alpha value is -1.15. The maximum Gasteiger partial charge on any atom is 0.233 e. The Morgan fingerprint density at radius 3 is 2.69 bits per heavy atom. The molecule has 67 valence electrons. The van der Waals surface area contributed by atoms with Crippen LogP contribution in [0.1, 0.15) is 5.56 Å². The van der Waals surface area contributed by atoms with Crippen LogP contribution in [0, 0.1) is 0 Å². The third-order valence-corrected chi connectivity index (χ3v) is 5.05. The molecular weight excluding hydrogens is 176 g/mol. The first-order chi connectivity index (χ1) is 6.10. The molecule has 0 N–H and O–H groups in total. The van der Waals surface area contributed by atoms with Crippen LogP contribution < -0.4 is 5.19 Å². The molecule has 2 heteroatoms. The van der Waals surface area contributed by atoms with E-state index in [0.29, 0.717) is 5.56 Å². The second-order valence-electron chi connectivity index (χ2n) is 3.61. The molecule has 1 aromatic carbocycles. The Labute approximate surface area is 80.1 Å². The van der Waals surface area contributed by atoms with Crippen LogP contribution in [0.3, 0.4) is 0 Å². The summed E-state index contributed by atoms with van der Waals surface area (Å²) in [5, 5.41) is 1.23. The molecule has 0 aliphatic carbocycles. The average Bonchev–Trinajstić information content (AvgIpc) is 2.18. The molecule has 1 aromatic rings. The zero-order valence-electron chi connectivity index (χ0n) is 8.00. The molecular formula is C11H13OSi. The lowest BCUT2D eigenvalue weighted by molar-refractivity contribution is 0.563. The normalized spacial score (nSPS) is 10.9. The Balaban J connectivity index is 3.15. The zero-order valence-corrected chi connectivity index (χ0v) is 9.00. The van der Waals surface area contributed by atoms with Gasteiger partial charge in [0.2, 0.25) is 6.29 Å². The van der Waals surface area contributed by atoms with Crippen LogP contribution in [0.2, 0.25) is 13.1 Å². The van der Waals surface area contributed by atoms with Crippen LogP contribution in [0.25, 0.3) is 0 Å². The Morgan fingerprint density at radius 2 is 2.15 bits per heavy atom. The van der Waals surface area contributed by atoms with Crippen LogP contribution in [-0.2, 0) is 4.79 Å². The Morgan fingerprint density at radius 1 is 1.46 bits per heavy atom. The smallest absolute Gasteiger partial charge is 0.233 e. The first-order valence-corrected chi connectivity index (χ1v) is 7.30. The summed E-state index contributed by atoms with van der Waals surface area (Å²) in [6.07, 6.45) is 1.90. The van der Waals surface area contributed by atoms with Crippen molar-refractivity contribution in [3.63, 3.8) is 0 Å². The van der Waals surface area contributed by atoms with Gasteiger partial charge in [-0.2, -0.15) is 0 Å². The van der Waals surface area contributed by atoms with E-state index in [0.717, 1.165) is 0 Å². The van der Waals surface area contributed by atoms with Crippen molar-refractivity contribution in [1.82, 2.24) is 0 Å². The third kappa shape index (κ3) is 2.16. The van der Waals surface area contributed by atoms with Crippen molar-refractivity contribution < 1.29 is 4.79 Å². The van der Waals surface area contributed by atoms with E-state index < -0.39 is 8.07 Å². The zero-order chi connectivity index (χ0) is 9.90. The van der Waals surface area contributed by atoms with Gasteiger partial charge in [-0.05, 0) is 0 Å². The summed E-state index contributed by atoms with van der Waals surface area (Å²) < 4.78 is 0. The number of carbonyl (C=O) groups excluding carboxylic acids is 1. The molecule has 1 rings (SSSR count). The lowest BCUT2D eigenvalue weighted by atomic mass is 10.2. The van der Waals surface area contributed by atoms with Gasteiger partial charge in [-0.25, -0.2) is 0 Å². The molecule has 0 aliphatic rings. The molecule has 0 atom stereocenters. The summed E-state index contributed by atoms with van der Waals surface area (Å²) in [5.41, 5.74) is 2.64. The van der Waals surface area contributed by atoms with Crippen molar-refractivity contribution in [2.45, 2.75) is 13.1 Å². The van der Waals surface area contributed by atoms with E-state index in [9.17, 15) is 4.79 Å². The SMILES string of the molecule is C=C[Si](C)(C)c1cccc([C]=O)c1. The van der Waals surface area contributed by atoms with E-state index >= 15 is 0 Å². The van der Waals surface area contributed by atoms with Gasteiger partial charge in [0.1, 0.15) is 8.07 Å². The minimum absolute atomic E-state index is 0.625. The largest absolute Gasteiger partial charge is 0.285 e. The van der Waals surface area contributed by atoms with Gasteiger partial charge in [0.15, 0.2) is 0 Å². The highest BCUT2D eigenvalue weighted by Gasteiger charge is 2.18. The first kappa shape index (κ1) is 9.93. The van der Waals surface area contributed by atoms with Crippen molar-refractivity contribution in [2.24, 2.45) is 0 Å². The molecule has 1 nitrogen and oxygen atoms in total. The summed E-state index contributed by atoms with van der Waals surface area (Å²) in [6, 6.07) is 7.62. The van der Waals surface area contributed by atoms with Gasteiger partial charge in [0.25, 0.3) is 0 Å². The third-order valence-electron chi connectivity index (χ3n) is 2.23. The number of hydrogen-bond donors (Lipinski definition) is 0. The summed E-state index contributed by atoms with van der Waals surface area (Å²) in [5.74, 6) is 0. The summed E-state index contributed by atoms with van der Waals surface area (Å²) in [6.45, 7) is 8.22. The lowest BCUT2D eigenvalue weighted by Crippen LogP contribution is -2.39. The fourth-order valence-corrected chi connectivity index (χ4v) is 2.39. The topological polar surface area (TPSA) is 17.1 Å². The molecule has 0 aliphatic heterocycles. The Kier molecular flexibility index (Phi) is 2.83. The van der Waals surface area contributed by atoms with E-state index in [1.807, 2.05) is 24.1 Å². The maximum absolute atomic E-state index is 10.4. The maximum atomic E-state index is 10.4. The van der Waals surface area contributed by atoms with Crippen molar-refractivity contribution in [3.05, 3.63) is 42.1 Å². The summed E-state index contributed by atoms with van der Waals surface area (Å²) in [7, 11) is -1.52. The van der Waals surface area contributed by atoms with Crippen LogP contribution in [0.4, 0.5) is 0 Å². The van der Waals surface area contributed by atoms with E-state index in [-0.39, 0.29) is 0 Å². The molecule has 0 aromatic heterocycles. The van der Waals surface area contributed by atoms with Gasteiger partial charge < -0.3 is 0 Å². The molecule has 0 amide bonds. The first-order valence-electron chi connectivity index (χ1n) is 4.22. The summed E-state index contributed by atoms with van der Waals surface area (Å²) >= 11 is 0. The molecule has 13 heavy (non-hydrogen) atoms. The van der Waals surface area contributed by atoms with Crippen molar-refractivity contribution in [3.8, 4) is 0 Å².